The summed E-state index contributed by atoms with van der Waals surface area (Å²) in [4.78, 5) is 23.5. The lowest BCUT2D eigenvalue weighted by Gasteiger charge is -2.12. The summed E-state index contributed by atoms with van der Waals surface area (Å²) in [6, 6.07) is 4.16. The van der Waals surface area contributed by atoms with Gasteiger partial charge in [0, 0.05) is 13.0 Å². The van der Waals surface area contributed by atoms with Crippen LogP contribution in [0.25, 0.3) is 5.69 Å². The Balaban J connectivity index is 1.94. The van der Waals surface area contributed by atoms with Crippen LogP contribution in [0.15, 0.2) is 30.5 Å². The maximum Gasteiger partial charge on any atom is 0.416 e. The molecule has 2 aromatic rings. The first kappa shape index (κ1) is 17.8. The molecule has 0 aliphatic heterocycles. The van der Waals surface area contributed by atoms with Crippen LogP contribution < -0.4 is 16.2 Å². The first-order valence-corrected chi connectivity index (χ1v) is 7.85. The molecule has 0 radical (unpaired) electrons. The molecule has 1 aliphatic rings. The Labute approximate surface area is 146 Å². The molecule has 10 heteroatoms. The number of hydrazine groups is 1. The Morgan fingerprint density at radius 3 is 2.58 bits per heavy atom. The van der Waals surface area contributed by atoms with Crippen molar-refractivity contribution in [2.75, 3.05) is 7.05 Å². The molecular formula is C16H16F3N5O2. The van der Waals surface area contributed by atoms with E-state index in [9.17, 15) is 22.8 Å². The third kappa shape index (κ3) is 3.63. The molecule has 3 rings (SSSR count). The molecular weight excluding hydrogens is 351 g/mol. The predicted molar refractivity (Wildman–Crippen MR) is 85.6 cm³/mol. The average molecular weight is 367 g/mol. The first-order chi connectivity index (χ1) is 12.3. The zero-order valence-corrected chi connectivity index (χ0v) is 13.7. The third-order valence-electron chi connectivity index (χ3n) is 3.95. The number of amides is 3. The summed E-state index contributed by atoms with van der Waals surface area (Å²) in [6.45, 7) is 0. The normalized spacial score (nSPS) is 14.0. The molecule has 1 heterocycles. The van der Waals surface area contributed by atoms with E-state index in [0.717, 1.165) is 25.0 Å². The number of hydrogen-bond donors (Lipinski definition) is 3. The first-order valence-electron chi connectivity index (χ1n) is 7.85. The fourth-order valence-corrected chi connectivity index (χ4v) is 2.55. The van der Waals surface area contributed by atoms with Gasteiger partial charge in [-0.2, -0.15) is 18.3 Å². The van der Waals surface area contributed by atoms with E-state index in [1.807, 2.05) is 0 Å². The molecule has 0 bridgehead atoms. The Kier molecular flexibility index (Phi) is 4.58. The summed E-state index contributed by atoms with van der Waals surface area (Å²) in [5.74, 6) is -0.554. The van der Waals surface area contributed by atoms with Gasteiger partial charge in [-0.15, -0.1) is 0 Å². The van der Waals surface area contributed by atoms with Gasteiger partial charge in [0.25, 0.3) is 5.91 Å². The highest BCUT2D eigenvalue weighted by molar-refractivity contribution is 5.96. The second-order valence-electron chi connectivity index (χ2n) is 5.84. The van der Waals surface area contributed by atoms with Crippen molar-refractivity contribution in [1.82, 2.24) is 25.9 Å². The van der Waals surface area contributed by atoms with E-state index in [1.54, 1.807) is 0 Å². The molecule has 3 N–H and O–H groups in total. The Hall–Kier alpha value is -3.04. The maximum atomic E-state index is 13.0. The number of halogens is 3. The summed E-state index contributed by atoms with van der Waals surface area (Å²) >= 11 is 0. The number of benzene rings is 1. The highest BCUT2D eigenvalue weighted by atomic mass is 19.4. The molecule has 0 saturated heterocycles. The van der Waals surface area contributed by atoms with Gasteiger partial charge in [-0.25, -0.2) is 14.9 Å². The molecule has 7 nitrogen and oxygen atoms in total. The number of carbonyl (C=O) groups excluding carboxylic acids is 2. The Morgan fingerprint density at radius 2 is 1.96 bits per heavy atom. The van der Waals surface area contributed by atoms with Crippen LogP contribution in [-0.4, -0.2) is 28.8 Å². The van der Waals surface area contributed by atoms with Crippen LogP contribution in [0.3, 0.4) is 0 Å². The highest BCUT2D eigenvalue weighted by Crippen LogP contribution is 2.42. The number of nitrogens with zero attached hydrogens (tertiary/aromatic N) is 2. The van der Waals surface area contributed by atoms with Crippen LogP contribution in [0.1, 0.15) is 40.4 Å². The van der Waals surface area contributed by atoms with Crippen LogP contribution in [0.4, 0.5) is 18.0 Å². The van der Waals surface area contributed by atoms with Crippen LogP contribution in [0.2, 0.25) is 0 Å². The summed E-state index contributed by atoms with van der Waals surface area (Å²) in [7, 11) is 1.39. The Morgan fingerprint density at radius 1 is 1.23 bits per heavy atom. The number of urea groups is 1. The predicted octanol–water partition coefficient (Wildman–Crippen LogP) is 2.34. The number of hydrogen-bond acceptors (Lipinski definition) is 3. The minimum Gasteiger partial charge on any atom is -0.340 e. The van der Waals surface area contributed by atoms with Gasteiger partial charge in [0.1, 0.15) is 0 Å². The van der Waals surface area contributed by atoms with E-state index < -0.39 is 23.7 Å². The van der Waals surface area contributed by atoms with Crippen molar-refractivity contribution in [3.8, 4) is 5.69 Å². The molecule has 1 aromatic heterocycles. The third-order valence-corrected chi connectivity index (χ3v) is 3.95. The molecule has 3 amide bonds. The maximum absolute atomic E-state index is 13.0. The van der Waals surface area contributed by atoms with Gasteiger partial charge in [-0.1, -0.05) is 6.07 Å². The van der Waals surface area contributed by atoms with E-state index in [0.29, 0.717) is 5.69 Å². The number of rotatable bonds is 3. The van der Waals surface area contributed by atoms with Gasteiger partial charge in [-0.05, 0) is 31.0 Å². The van der Waals surface area contributed by atoms with Crippen molar-refractivity contribution >= 4 is 11.9 Å². The molecule has 0 atom stereocenters. The van der Waals surface area contributed by atoms with Crippen molar-refractivity contribution in [3.05, 3.63) is 47.3 Å². The molecule has 1 aromatic carbocycles. The molecule has 138 valence electrons. The highest BCUT2D eigenvalue weighted by Gasteiger charge is 2.34. The average Bonchev–Trinajstić information content (AvgIpc) is 3.36. The minimum absolute atomic E-state index is 0.0350. The number of nitrogens with one attached hydrogen (secondary N) is 3. The van der Waals surface area contributed by atoms with Gasteiger partial charge in [0.05, 0.1) is 28.7 Å². The standard InChI is InChI=1S/C16H16F3N5O2/c1-20-15(26)23-22-14(25)12-8-21-24(13(12)9-5-6-9)11-4-2-3-10(7-11)16(17,18)19/h2-4,7-9H,5-6H2,1H3,(H,22,25)(H2,20,23,26). The van der Waals surface area contributed by atoms with Crippen LogP contribution >= 0.6 is 0 Å². The monoisotopic (exact) mass is 367 g/mol. The quantitative estimate of drug-likeness (QED) is 0.728. The van der Waals surface area contributed by atoms with E-state index in [2.05, 4.69) is 21.3 Å². The molecule has 0 unspecified atom stereocenters. The topological polar surface area (TPSA) is 88.1 Å². The number of alkyl halides is 3. The molecule has 26 heavy (non-hydrogen) atoms. The largest absolute Gasteiger partial charge is 0.416 e. The second kappa shape index (κ2) is 6.70. The SMILES string of the molecule is CNC(=O)NNC(=O)c1cnn(-c2cccc(C(F)(F)F)c2)c1C1CC1. The molecule has 1 saturated carbocycles. The van der Waals surface area contributed by atoms with Crippen LogP contribution in [-0.2, 0) is 6.18 Å². The van der Waals surface area contributed by atoms with Crippen molar-refractivity contribution in [2.45, 2.75) is 24.9 Å². The van der Waals surface area contributed by atoms with Crippen molar-refractivity contribution < 1.29 is 22.8 Å². The van der Waals surface area contributed by atoms with Crippen molar-refractivity contribution in [3.63, 3.8) is 0 Å². The lowest BCUT2D eigenvalue weighted by molar-refractivity contribution is -0.137. The molecule has 1 aliphatic carbocycles. The number of carbonyl (C=O) groups is 2. The van der Waals surface area contributed by atoms with Crippen molar-refractivity contribution in [2.24, 2.45) is 0 Å². The summed E-state index contributed by atoms with van der Waals surface area (Å²) < 4.78 is 40.2. The van der Waals surface area contributed by atoms with Crippen LogP contribution in [0, 0.1) is 0 Å². The van der Waals surface area contributed by atoms with Gasteiger partial charge in [0.15, 0.2) is 0 Å². The summed E-state index contributed by atoms with van der Waals surface area (Å²) in [5.41, 5.74) is 4.57. The zero-order chi connectivity index (χ0) is 18.9. The van der Waals surface area contributed by atoms with Gasteiger partial charge >= 0.3 is 12.2 Å². The van der Waals surface area contributed by atoms with Crippen LogP contribution in [0.5, 0.6) is 0 Å². The number of aromatic nitrogens is 2. The molecule has 1 fully saturated rings. The Bertz CT molecular complexity index is 843. The van der Waals surface area contributed by atoms with E-state index in [4.69, 9.17) is 0 Å². The summed E-state index contributed by atoms with van der Waals surface area (Å²) in [6.07, 6.45) is -1.56. The summed E-state index contributed by atoms with van der Waals surface area (Å²) in [5, 5.41) is 6.38. The zero-order valence-electron chi connectivity index (χ0n) is 13.7. The fraction of sp³-hybridized carbons (Fsp3) is 0.312. The molecule has 0 spiro atoms. The van der Waals surface area contributed by atoms with E-state index in [1.165, 1.54) is 30.1 Å². The fourth-order valence-electron chi connectivity index (χ4n) is 2.55. The lowest BCUT2D eigenvalue weighted by atomic mass is 10.1. The van der Waals surface area contributed by atoms with E-state index >= 15 is 0 Å². The lowest BCUT2D eigenvalue weighted by Crippen LogP contribution is -2.45. The van der Waals surface area contributed by atoms with E-state index in [-0.39, 0.29) is 17.2 Å². The smallest absolute Gasteiger partial charge is 0.340 e. The van der Waals surface area contributed by atoms with Gasteiger partial charge < -0.3 is 5.32 Å². The van der Waals surface area contributed by atoms with Gasteiger partial charge in [0.2, 0.25) is 0 Å². The van der Waals surface area contributed by atoms with Gasteiger partial charge in [-0.3, -0.25) is 10.2 Å². The van der Waals surface area contributed by atoms with Crippen molar-refractivity contribution in [1.29, 1.82) is 0 Å². The minimum atomic E-state index is -4.47. The second-order valence-corrected chi connectivity index (χ2v) is 5.84.